The van der Waals surface area contributed by atoms with E-state index in [2.05, 4.69) is 15.1 Å². The molecule has 4 rings (SSSR count). The first-order chi connectivity index (χ1) is 10.8. The molecule has 22 heavy (non-hydrogen) atoms. The maximum Gasteiger partial charge on any atom is 0.257 e. The Morgan fingerprint density at radius 1 is 1.23 bits per heavy atom. The zero-order valence-corrected chi connectivity index (χ0v) is 13.0. The summed E-state index contributed by atoms with van der Waals surface area (Å²) in [6, 6.07) is 7.76. The van der Waals surface area contributed by atoms with Gasteiger partial charge in [0, 0.05) is 45.3 Å². The molecule has 3 aliphatic heterocycles. The number of rotatable bonds is 6. The van der Waals surface area contributed by atoms with Crippen molar-refractivity contribution in [3.05, 3.63) is 24.3 Å². The molecule has 3 heterocycles. The molecule has 1 amide bonds. The normalized spacial score (nSPS) is 26.5. The minimum Gasteiger partial charge on any atom is -0.493 e. The van der Waals surface area contributed by atoms with Crippen molar-refractivity contribution in [2.75, 3.05) is 53.0 Å². The summed E-state index contributed by atoms with van der Waals surface area (Å²) in [5.74, 6) is 1.13. The monoisotopic (exact) mass is 305 g/mol. The van der Waals surface area contributed by atoms with Crippen molar-refractivity contribution in [3.8, 4) is 11.5 Å². The Hall–Kier alpha value is -1.79. The third kappa shape index (κ3) is 3.51. The van der Waals surface area contributed by atoms with Gasteiger partial charge in [-0.05, 0) is 12.1 Å². The van der Waals surface area contributed by atoms with Gasteiger partial charge in [-0.1, -0.05) is 12.1 Å². The van der Waals surface area contributed by atoms with Crippen LogP contribution < -0.4 is 14.8 Å². The summed E-state index contributed by atoms with van der Waals surface area (Å²) >= 11 is 0. The number of para-hydroxylation sites is 2. The molecule has 0 radical (unpaired) electrons. The lowest BCUT2D eigenvalue weighted by molar-refractivity contribution is -0.123. The molecule has 1 atom stereocenters. The van der Waals surface area contributed by atoms with Crippen molar-refractivity contribution in [1.82, 2.24) is 15.1 Å². The summed E-state index contributed by atoms with van der Waals surface area (Å²) in [7, 11) is 1.59. The number of methoxy groups -OCH3 is 1. The Bertz CT molecular complexity index is 515. The number of piperazine rings is 3. The molecule has 1 aromatic rings. The van der Waals surface area contributed by atoms with Crippen molar-refractivity contribution in [2.24, 2.45) is 0 Å². The quantitative estimate of drug-likeness (QED) is 0.813. The van der Waals surface area contributed by atoms with E-state index in [1.54, 1.807) is 13.2 Å². The largest absolute Gasteiger partial charge is 0.493 e. The van der Waals surface area contributed by atoms with E-state index in [-0.39, 0.29) is 12.5 Å². The first-order valence-electron chi connectivity index (χ1n) is 7.75. The molecule has 3 fully saturated rings. The van der Waals surface area contributed by atoms with Gasteiger partial charge in [-0.25, -0.2) is 0 Å². The second kappa shape index (κ2) is 6.98. The van der Waals surface area contributed by atoms with E-state index in [0.29, 0.717) is 24.1 Å². The van der Waals surface area contributed by atoms with Gasteiger partial charge in [-0.2, -0.15) is 0 Å². The van der Waals surface area contributed by atoms with Crippen LogP contribution in [-0.4, -0.2) is 74.7 Å². The Labute approximate surface area is 131 Å². The van der Waals surface area contributed by atoms with Gasteiger partial charge in [0.1, 0.15) is 0 Å². The Kier molecular flexibility index (Phi) is 4.80. The fourth-order valence-electron chi connectivity index (χ4n) is 3.08. The van der Waals surface area contributed by atoms with Crippen LogP contribution in [-0.2, 0) is 4.79 Å². The van der Waals surface area contributed by atoms with Gasteiger partial charge < -0.3 is 14.8 Å². The maximum atomic E-state index is 12.0. The van der Waals surface area contributed by atoms with Crippen molar-refractivity contribution >= 4 is 5.91 Å². The third-order valence-corrected chi connectivity index (χ3v) is 4.35. The number of carbonyl (C=O) groups excluding carboxylic acids is 1. The maximum absolute atomic E-state index is 12.0. The fourth-order valence-corrected chi connectivity index (χ4v) is 3.08. The Morgan fingerprint density at radius 2 is 1.95 bits per heavy atom. The molecule has 0 aromatic heterocycles. The molecule has 6 heteroatoms. The topological polar surface area (TPSA) is 54.0 Å². The van der Waals surface area contributed by atoms with Crippen molar-refractivity contribution < 1.29 is 14.3 Å². The van der Waals surface area contributed by atoms with E-state index in [1.165, 1.54) is 0 Å². The lowest BCUT2D eigenvalue weighted by Gasteiger charge is -2.47. The van der Waals surface area contributed by atoms with Crippen LogP contribution in [0.25, 0.3) is 0 Å². The molecule has 0 aliphatic carbocycles. The zero-order chi connectivity index (χ0) is 15.4. The average molecular weight is 305 g/mol. The molecule has 1 unspecified atom stereocenters. The highest BCUT2D eigenvalue weighted by atomic mass is 16.5. The van der Waals surface area contributed by atoms with Crippen molar-refractivity contribution in [2.45, 2.75) is 6.04 Å². The SMILES string of the molecule is COc1ccccc1OCC(=O)NCC1CN2CCN1CC2. The summed E-state index contributed by atoms with van der Waals surface area (Å²) in [6.07, 6.45) is 0. The van der Waals surface area contributed by atoms with Crippen LogP contribution >= 0.6 is 0 Å². The van der Waals surface area contributed by atoms with E-state index >= 15 is 0 Å². The number of nitrogens with one attached hydrogen (secondary N) is 1. The number of fused-ring (bicyclic) bond motifs is 3. The zero-order valence-electron chi connectivity index (χ0n) is 13.0. The van der Waals surface area contributed by atoms with Crippen LogP contribution in [0, 0.1) is 0 Å². The van der Waals surface area contributed by atoms with E-state index in [1.807, 2.05) is 18.2 Å². The molecule has 2 bridgehead atoms. The smallest absolute Gasteiger partial charge is 0.257 e. The van der Waals surface area contributed by atoms with Gasteiger partial charge >= 0.3 is 0 Å². The average Bonchev–Trinajstić information content (AvgIpc) is 2.59. The molecule has 3 saturated heterocycles. The van der Waals surface area contributed by atoms with Gasteiger partial charge in [0.25, 0.3) is 5.91 Å². The molecule has 120 valence electrons. The number of hydrogen-bond acceptors (Lipinski definition) is 5. The third-order valence-electron chi connectivity index (χ3n) is 4.35. The molecular formula is C16H23N3O3. The van der Waals surface area contributed by atoms with Crippen LogP contribution in [0.15, 0.2) is 24.3 Å². The standard InChI is InChI=1S/C16H23N3O3/c1-21-14-4-2-3-5-15(14)22-12-16(20)17-10-13-11-18-6-8-19(13)9-7-18/h2-5,13H,6-12H2,1H3,(H,17,20). The van der Waals surface area contributed by atoms with Gasteiger partial charge in [0.15, 0.2) is 18.1 Å². The van der Waals surface area contributed by atoms with Crippen LogP contribution in [0.1, 0.15) is 0 Å². The van der Waals surface area contributed by atoms with Gasteiger partial charge in [0.2, 0.25) is 0 Å². The van der Waals surface area contributed by atoms with Crippen LogP contribution in [0.3, 0.4) is 0 Å². The Balaban J connectivity index is 1.43. The predicted molar refractivity (Wildman–Crippen MR) is 83.3 cm³/mol. The van der Waals surface area contributed by atoms with Gasteiger partial charge in [0.05, 0.1) is 7.11 Å². The minimum absolute atomic E-state index is 0.0107. The van der Waals surface area contributed by atoms with Crippen LogP contribution in [0.4, 0.5) is 0 Å². The van der Waals surface area contributed by atoms with Crippen LogP contribution in [0.5, 0.6) is 11.5 Å². The van der Waals surface area contributed by atoms with Crippen LogP contribution in [0.2, 0.25) is 0 Å². The molecule has 3 aliphatic rings. The summed E-state index contributed by atoms with van der Waals surface area (Å²) in [6.45, 7) is 6.27. The number of benzene rings is 1. The second-order valence-corrected chi connectivity index (χ2v) is 5.73. The van der Waals surface area contributed by atoms with Gasteiger partial charge in [-0.3, -0.25) is 14.6 Å². The van der Waals surface area contributed by atoms with Crippen molar-refractivity contribution in [1.29, 1.82) is 0 Å². The molecule has 6 nitrogen and oxygen atoms in total. The number of amides is 1. The lowest BCUT2D eigenvalue weighted by atomic mass is 10.1. The molecule has 1 N–H and O–H groups in total. The van der Waals surface area contributed by atoms with E-state index in [0.717, 1.165) is 32.7 Å². The van der Waals surface area contributed by atoms with E-state index in [9.17, 15) is 4.79 Å². The Morgan fingerprint density at radius 3 is 2.59 bits per heavy atom. The summed E-state index contributed by atoms with van der Waals surface area (Å²) in [4.78, 5) is 16.9. The molecule has 1 aromatic carbocycles. The highest BCUT2D eigenvalue weighted by Gasteiger charge is 2.31. The van der Waals surface area contributed by atoms with Crippen molar-refractivity contribution in [3.63, 3.8) is 0 Å². The summed E-state index contributed by atoms with van der Waals surface area (Å²) in [5.41, 5.74) is 0. The molecule has 0 spiro atoms. The molecule has 0 saturated carbocycles. The second-order valence-electron chi connectivity index (χ2n) is 5.73. The first kappa shape index (κ1) is 15.1. The summed E-state index contributed by atoms with van der Waals surface area (Å²) in [5, 5.41) is 2.97. The fraction of sp³-hybridized carbons (Fsp3) is 0.562. The van der Waals surface area contributed by atoms with E-state index < -0.39 is 0 Å². The highest BCUT2D eigenvalue weighted by Crippen LogP contribution is 2.25. The minimum atomic E-state index is -0.0939. The lowest BCUT2D eigenvalue weighted by Crippen LogP contribution is -2.63. The van der Waals surface area contributed by atoms with E-state index in [4.69, 9.17) is 9.47 Å². The number of hydrogen-bond donors (Lipinski definition) is 1. The number of ether oxygens (including phenoxy) is 2. The molecular weight excluding hydrogens is 282 g/mol. The number of nitrogens with zero attached hydrogens (tertiary/aromatic N) is 2. The first-order valence-corrected chi connectivity index (χ1v) is 7.75. The van der Waals surface area contributed by atoms with Gasteiger partial charge in [-0.15, -0.1) is 0 Å². The number of carbonyl (C=O) groups is 1. The predicted octanol–water partition coefficient (Wildman–Crippen LogP) is 0.190. The highest BCUT2D eigenvalue weighted by molar-refractivity contribution is 5.77. The summed E-state index contributed by atoms with van der Waals surface area (Å²) < 4.78 is 10.7.